The van der Waals surface area contributed by atoms with Crippen LogP contribution >= 0.6 is 0 Å². The van der Waals surface area contributed by atoms with E-state index in [1.165, 1.54) is 18.2 Å². The molecule has 0 amide bonds. The number of nitrogens with zero attached hydrogens (tertiary/aromatic N) is 1. The average molecular weight is 355 g/mol. The lowest BCUT2D eigenvalue weighted by molar-refractivity contribution is -0.129. The molecular weight excluding hydrogens is 337 g/mol. The van der Waals surface area contributed by atoms with Crippen molar-refractivity contribution in [2.24, 2.45) is 4.99 Å². The summed E-state index contributed by atoms with van der Waals surface area (Å²) in [5, 5.41) is 0. The summed E-state index contributed by atoms with van der Waals surface area (Å²) >= 11 is 0. The molecule has 0 bridgehead atoms. The van der Waals surface area contributed by atoms with Gasteiger partial charge in [0.25, 0.3) is 0 Å². The predicted octanol–water partition coefficient (Wildman–Crippen LogP) is 3.97. The van der Waals surface area contributed by atoms with Crippen molar-refractivity contribution in [1.82, 2.24) is 0 Å². The second kappa shape index (κ2) is 7.39. The highest BCUT2D eigenvalue weighted by atomic mass is 19.1. The number of hydrogen-bond donors (Lipinski definition) is 0. The molecule has 0 atom stereocenters. The molecule has 1 aliphatic rings. The lowest BCUT2D eigenvalue weighted by atomic mass is 10.1. The molecule has 0 N–H and O–H groups in total. The number of methoxy groups -OCH3 is 1. The van der Waals surface area contributed by atoms with Gasteiger partial charge in [-0.3, -0.25) is 0 Å². The zero-order chi connectivity index (χ0) is 18.7. The lowest BCUT2D eigenvalue weighted by Crippen LogP contribution is -2.06. The number of ether oxygens (including phenoxy) is 3. The number of esters is 1. The van der Waals surface area contributed by atoms with E-state index in [1.54, 1.807) is 37.5 Å². The zero-order valence-electron chi connectivity index (χ0n) is 14.7. The monoisotopic (exact) mass is 355 g/mol. The molecule has 26 heavy (non-hydrogen) atoms. The van der Waals surface area contributed by atoms with Crippen molar-refractivity contribution in [2.45, 2.75) is 20.0 Å². The molecule has 5 nitrogen and oxygen atoms in total. The van der Waals surface area contributed by atoms with Crippen molar-refractivity contribution in [3.05, 3.63) is 65.1 Å². The molecule has 6 heteroatoms. The number of halogens is 1. The maximum absolute atomic E-state index is 13.3. The molecule has 134 valence electrons. The van der Waals surface area contributed by atoms with Gasteiger partial charge in [-0.15, -0.1) is 0 Å². The van der Waals surface area contributed by atoms with Crippen LogP contribution in [0, 0.1) is 5.82 Å². The molecule has 0 saturated carbocycles. The van der Waals surface area contributed by atoms with Gasteiger partial charge >= 0.3 is 5.97 Å². The fourth-order valence-electron chi connectivity index (χ4n) is 2.44. The minimum atomic E-state index is -0.592. The average Bonchev–Trinajstić information content (AvgIpc) is 2.96. The van der Waals surface area contributed by atoms with Crippen LogP contribution in [0.15, 0.2) is 53.2 Å². The molecular formula is C20H18FNO4. The molecule has 1 heterocycles. The van der Waals surface area contributed by atoms with Gasteiger partial charge in [0.05, 0.1) is 13.2 Å². The molecule has 0 saturated heterocycles. The third-order valence-electron chi connectivity index (χ3n) is 3.55. The Hall–Kier alpha value is -3.15. The summed E-state index contributed by atoms with van der Waals surface area (Å²) in [6.07, 6.45) is 1.59. The molecule has 0 unspecified atom stereocenters. The second-order valence-electron chi connectivity index (χ2n) is 5.92. The maximum Gasteiger partial charge on any atom is 0.363 e. The first kappa shape index (κ1) is 17.7. The van der Waals surface area contributed by atoms with Crippen LogP contribution < -0.4 is 9.47 Å². The van der Waals surface area contributed by atoms with Gasteiger partial charge < -0.3 is 14.2 Å². The van der Waals surface area contributed by atoms with Crippen molar-refractivity contribution in [2.75, 3.05) is 7.11 Å². The summed E-state index contributed by atoms with van der Waals surface area (Å²) in [5.74, 6) is 0.221. The third kappa shape index (κ3) is 3.91. The van der Waals surface area contributed by atoms with Crippen LogP contribution in [-0.2, 0) is 9.53 Å². The first-order chi connectivity index (χ1) is 12.5. The van der Waals surface area contributed by atoms with E-state index in [1.807, 2.05) is 13.8 Å². The maximum atomic E-state index is 13.3. The molecule has 3 rings (SSSR count). The fraction of sp³-hybridized carbons (Fsp3) is 0.200. The molecule has 0 spiro atoms. The summed E-state index contributed by atoms with van der Waals surface area (Å²) < 4.78 is 29.5. The Bertz CT molecular complexity index is 902. The van der Waals surface area contributed by atoms with Crippen LogP contribution in [0.5, 0.6) is 11.5 Å². The lowest BCUT2D eigenvalue weighted by Gasteiger charge is -2.13. The van der Waals surface area contributed by atoms with Crippen molar-refractivity contribution < 1.29 is 23.4 Å². The molecule has 0 aromatic heterocycles. The molecule has 0 aliphatic carbocycles. The molecule has 0 radical (unpaired) electrons. The number of cyclic esters (lactones) is 1. The van der Waals surface area contributed by atoms with Gasteiger partial charge in [0.1, 0.15) is 5.82 Å². The first-order valence-electron chi connectivity index (χ1n) is 8.09. The fourth-order valence-corrected chi connectivity index (χ4v) is 2.44. The van der Waals surface area contributed by atoms with Crippen molar-refractivity contribution >= 4 is 17.9 Å². The minimum Gasteiger partial charge on any atom is -0.493 e. The number of aliphatic imine (C=N–C) groups is 1. The van der Waals surface area contributed by atoms with Gasteiger partial charge in [-0.05, 0) is 55.8 Å². The van der Waals surface area contributed by atoms with Gasteiger partial charge in [0, 0.05) is 5.56 Å². The van der Waals surface area contributed by atoms with Crippen molar-refractivity contribution in [3.8, 4) is 11.5 Å². The van der Waals surface area contributed by atoms with Crippen molar-refractivity contribution in [3.63, 3.8) is 0 Å². The summed E-state index contributed by atoms with van der Waals surface area (Å²) in [6.45, 7) is 3.85. The standard InChI is InChI=1S/C20H18FNO4/c1-12(2)25-17-8-7-13(10-18(17)24-3)9-16-20(23)26-19(22-16)14-5-4-6-15(21)11-14/h4-12H,1-3H3/b16-9-. The predicted molar refractivity (Wildman–Crippen MR) is 95.8 cm³/mol. The van der Waals surface area contributed by atoms with E-state index in [0.717, 1.165) is 0 Å². The van der Waals surface area contributed by atoms with Gasteiger partial charge in [0.15, 0.2) is 17.2 Å². The smallest absolute Gasteiger partial charge is 0.363 e. The van der Waals surface area contributed by atoms with Gasteiger partial charge in [-0.25, -0.2) is 14.2 Å². The highest BCUT2D eigenvalue weighted by Gasteiger charge is 2.24. The van der Waals surface area contributed by atoms with Crippen LogP contribution in [-0.4, -0.2) is 25.1 Å². The Morgan fingerprint density at radius 2 is 1.96 bits per heavy atom. The van der Waals surface area contributed by atoms with E-state index in [2.05, 4.69) is 4.99 Å². The largest absolute Gasteiger partial charge is 0.493 e. The van der Waals surface area contributed by atoms with E-state index in [0.29, 0.717) is 22.6 Å². The second-order valence-corrected chi connectivity index (χ2v) is 5.92. The minimum absolute atomic E-state index is 0.0105. The van der Waals surface area contributed by atoms with E-state index >= 15 is 0 Å². The number of benzene rings is 2. The van der Waals surface area contributed by atoms with E-state index < -0.39 is 11.8 Å². The molecule has 1 aliphatic heterocycles. The zero-order valence-corrected chi connectivity index (χ0v) is 14.7. The Morgan fingerprint density at radius 3 is 2.65 bits per heavy atom. The summed E-state index contributed by atoms with van der Waals surface area (Å²) in [7, 11) is 1.55. The molecule has 2 aromatic carbocycles. The summed E-state index contributed by atoms with van der Waals surface area (Å²) in [4.78, 5) is 16.2. The van der Waals surface area contributed by atoms with Crippen LogP contribution in [0.3, 0.4) is 0 Å². The first-order valence-corrected chi connectivity index (χ1v) is 8.09. The van der Waals surface area contributed by atoms with Crippen LogP contribution in [0.4, 0.5) is 4.39 Å². The SMILES string of the molecule is COc1cc(/C=C2\N=C(c3cccc(F)c3)OC2=O)ccc1OC(C)C. The van der Waals surface area contributed by atoms with E-state index in [-0.39, 0.29) is 17.7 Å². The summed E-state index contributed by atoms with van der Waals surface area (Å²) in [6, 6.07) is 11.0. The number of hydrogen-bond acceptors (Lipinski definition) is 5. The number of carbonyl (C=O) groups is 1. The molecule has 2 aromatic rings. The Labute approximate surface area is 150 Å². The Kier molecular flexibility index (Phi) is 5.02. The van der Waals surface area contributed by atoms with Gasteiger partial charge in [-0.2, -0.15) is 0 Å². The topological polar surface area (TPSA) is 57.1 Å². The normalized spacial score (nSPS) is 15.2. The quantitative estimate of drug-likeness (QED) is 0.602. The Balaban J connectivity index is 1.90. The van der Waals surface area contributed by atoms with E-state index in [4.69, 9.17) is 14.2 Å². The molecule has 0 fully saturated rings. The van der Waals surface area contributed by atoms with Gasteiger partial charge in [0.2, 0.25) is 5.90 Å². The highest BCUT2D eigenvalue weighted by molar-refractivity contribution is 6.12. The van der Waals surface area contributed by atoms with Crippen molar-refractivity contribution in [1.29, 1.82) is 0 Å². The summed E-state index contributed by atoms with van der Waals surface area (Å²) in [5.41, 5.74) is 1.23. The van der Waals surface area contributed by atoms with Crippen LogP contribution in [0.1, 0.15) is 25.0 Å². The third-order valence-corrected chi connectivity index (χ3v) is 3.55. The Morgan fingerprint density at radius 1 is 1.15 bits per heavy atom. The number of rotatable bonds is 5. The van der Waals surface area contributed by atoms with E-state index in [9.17, 15) is 9.18 Å². The number of carbonyl (C=O) groups excluding carboxylic acids is 1. The highest BCUT2D eigenvalue weighted by Crippen LogP contribution is 2.30. The van der Waals surface area contributed by atoms with Gasteiger partial charge in [-0.1, -0.05) is 12.1 Å². The van der Waals surface area contributed by atoms with Crippen LogP contribution in [0.2, 0.25) is 0 Å². The van der Waals surface area contributed by atoms with Crippen LogP contribution in [0.25, 0.3) is 6.08 Å².